The lowest BCUT2D eigenvalue weighted by atomic mass is 10.1. The van der Waals surface area contributed by atoms with Gasteiger partial charge in [0.25, 0.3) is 5.91 Å². The van der Waals surface area contributed by atoms with E-state index in [9.17, 15) is 9.59 Å². The van der Waals surface area contributed by atoms with Gasteiger partial charge in [-0.05, 0) is 32.8 Å². The largest absolute Gasteiger partial charge is 0.357 e. The smallest absolute Gasteiger partial charge is 0.272 e. The van der Waals surface area contributed by atoms with E-state index in [1.165, 1.54) is 0 Å². The van der Waals surface area contributed by atoms with Gasteiger partial charge >= 0.3 is 0 Å². The van der Waals surface area contributed by atoms with Crippen LogP contribution in [0.3, 0.4) is 0 Å². The van der Waals surface area contributed by atoms with Gasteiger partial charge in [0, 0.05) is 31.9 Å². The Kier molecular flexibility index (Phi) is 4.13. The van der Waals surface area contributed by atoms with Crippen molar-refractivity contribution in [2.75, 3.05) is 13.6 Å². The number of likely N-dealkylation sites (N-methyl/N-ethyl adjacent to an activating group) is 1. The summed E-state index contributed by atoms with van der Waals surface area (Å²) in [7, 11) is 3.47. The number of aryl methyl sites for hydroxylation is 2. The van der Waals surface area contributed by atoms with E-state index in [-0.39, 0.29) is 11.8 Å². The Balaban J connectivity index is 1.88. The summed E-state index contributed by atoms with van der Waals surface area (Å²) >= 11 is 0. The summed E-state index contributed by atoms with van der Waals surface area (Å²) in [6, 6.07) is 1.33. The van der Waals surface area contributed by atoms with Crippen molar-refractivity contribution in [3.8, 4) is 11.3 Å². The summed E-state index contributed by atoms with van der Waals surface area (Å²) in [5.41, 5.74) is 3.87. The number of aromatic amines is 1. The van der Waals surface area contributed by atoms with Gasteiger partial charge in [0.1, 0.15) is 11.7 Å². The van der Waals surface area contributed by atoms with E-state index in [0.29, 0.717) is 24.4 Å². The summed E-state index contributed by atoms with van der Waals surface area (Å²) in [5.74, 6) is -0.321. The number of amides is 2. The van der Waals surface area contributed by atoms with E-state index in [1.54, 1.807) is 22.7 Å². The van der Waals surface area contributed by atoms with Crippen LogP contribution in [0.1, 0.15) is 34.7 Å². The van der Waals surface area contributed by atoms with Crippen molar-refractivity contribution in [1.29, 1.82) is 0 Å². The molecule has 0 radical (unpaired) electrons. The number of hydrogen-bond donors (Lipinski definition) is 2. The highest BCUT2D eigenvalue weighted by Gasteiger charge is 2.34. The highest BCUT2D eigenvalue weighted by atomic mass is 16.2. The van der Waals surface area contributed by atoms with Crippen molar-refractivity contribution >= 4 is 11.8 Å². The second-order valence-electron chi connectivity index (χ2n) is 6.11. The predicted octanol–water partition coefficient (Wildman–Crippen LogP) is 0.778. The summed E-state index contributed by atoms with van der Waals surface area (Å²) < 4.78 is 1.79. The molecule has 2 aromatic heterocycles. The molecular weight excluding hydrogens is 308 g/mol. The zero-order valence-corrected chi connectivity index (χ0v) is 14.4. The molecule has 0 spiro atoms. The molecule has 3 rings (SSSR count). The van der Waals surface area contributed by atoms with Crippen LogP contribution in [-0.2, 0) is 11.8 Å². The van der Waals surface area contributed by atoms with Gasteiger partial charge < -0.3 is 10.2 Å². The molecule has 8 nitrogen and oxygen atoms in total. The van der Waals surface area contributed by atoms with E-state index in [2.05, 4.69) is 20.6 Å². The molecule has 0 aliphatic carbocycles. The first kappa shape index (κ1) is 16.2. The summed E-state index contributed by atoms with van der Waals surface area (Å²) in [4.78, 5) is 26.3. The van der Waals surface area contributed by atoms with Crippen LogP contribution in [0, 0.1) is 13.8 Å². The lowest BCUT2D eigenvalue weighted by molar-refractivity contribution is -0.124. The maximum absolute atomic E-state index is 12.8. The SMILES string of the molecule is CNC(=O)[C@@H]1CCCN1C(=O)c1cc(-c2c(C)nn(C)c2C)n[nH]1. The first-order chi connectivity index (χ1) is 11.4. The van der Waals surface area contributed by atoms with Crippen LogP contribution < -0.4 is 5.32 Å². The number of carbonyl (C=O) groups is 2. The molecule has 2 aromatic rings. The molecule has 1 fully saturated rings. The van der Waals surface area contributed by atoms with Crippen LogP contribution in [0.25, 0.3) is 11.3 Å². The number of rotatable bonds is 3. The maximum atomic E-state index is 12.8. The summed E-state index contributed by atoms with van der Waals surface area (Å²) in [5, 5.41) is 14.1. The Morgan fingerprint density at radius 1 is 1.38 bits per heavy atom. The van der Waals surface area contributed by atoms with Gasteiger partial charge in [-0.2, -0.15) is 10.2 Å². The van der Waals surface area contributed by atoms with Gasteiger partial charge in [-0.15, -0.1) is 0 Å². The Morgan fingerprint density at radius 2 is 2.12 bits per heavy atom. The number of likely N-dealkylation sites (tertiary alicyclic amines) is 1. The lowest BCUT2D eigenvalue weighted by Crippen LogP contribution is -2.45. The van der Waals surface area contributed by atoms with E-state index in [1.807, 2.05) is 20.9 Å². The fourth-order valence-corrected chi connectivity index (χ4v) is 3.31. The van der Waals surface area contributed by atoms with E-state index in [0.717, 1.165) is 23.4 Å². The molecular formula is C16H22N6O2. The van der Waals surface area contributed by atoms with Crippen molar-refractivity contribution in [3.63, 3.8) is 0 Å². The highest BCUT2D eigenvalue weighted by molar-refractivity contribution is 5.97. The molecule has 3 heterocycles. The summed E-state index contributed by atoms with van der Waals surface area (Å²) in [6.45, 7) is 4.46. The molecule has 128 valence electrons. The number of nitrogens with one attached hydrogen (secondary N) is 2. The zero-order valence-electron chi connectivity index (χ0n) is 14.4. The third-order valence-corrected chi connectivity index (χ3v) is 4.64. The minimum Gasteiger partial charge on any atom is -0.357 e. The molecule has 0 bridgehead atoms. The van der Waals surface area contributed by atoms with Crippen LogP contribution in [-0.4, -0.2) is 56.3 Å². The second kappa shape index (κ2) is 6.10. The average molecular weight is 330 g/mol. The number of H-pyrrole nitrogens is 1. The first-order valence-electron chi connectivity index (χ1n) is 8.02. The van der Waals surface area contributed by atoms with Crippen molar-refractivity contribution in [1.82, 2.24) is 30.2 Å². The molecule has 24 heavy (non-hydrogen) atoms. The predicted molar refractivity (Wildman–Crippen MR) is 88.4 cm³/mol. The van der Waals surface area contributed by atoms with E-state index >= 15 is 0 Å². The molecule has 0 saturated carbocycles. The molecule has 1 aliphatic rings. The standard InChI is InChI=1S/C16H22N6O2/c1-9-14(10(2)21(4)20-9)11-8-12(19-18-11)16(24)22-7-5-6-13(22)15(23)17-3/h8,13H,5-7H2,1-4H3,(H,17,23)(H,18,19)/t13-/m0/s1. The van der Waals surface area contributed by atoms with Crippen molar-refractivity contribution in [2.24, 2.45) is 7.05 Å². The molecule has 0 aromatic carbocycles. The van der Waals surface area contributed by atoms with Crippen LogP contribution in [0.4, 0.5) is 0 Å². The fourth-order valence-electron chi connectivity index (χ4n) is 3.31. The highest BCUT2D eigenvalue weighted by Crippen LogP contribution is 2.26. The molecule has 1 aliphatic heterocycles. The molecule has 0 unspecified atom stereocenters. The topological polar surface area (TPSA) is 95.9 Å². The van der Waals surface area contributed by atoms with Crippen molar-refractivity contribution in [2.45, 2.75) is 32.7 Å². The quantitative estimate of drug-likeness (QED) is 0.869. The van der Waals surface area contributed by atoms with Crippen LogP contribution >= 0.6 is 0 Å². The van der Waals surface area contributed by atoms with Gasteiger partial charge in [0.15, 0.2) is 0 Å². The molecule has 8 heteroatoms. The van der Waals surface area contributed by atoms with Gasteiger partial charge in [-0.25, -0.2) is 0 Å². The number of nitrogens with zero attached hydrogens (tertiary/aromatic N) is 4. The van der Waals surface area contributed by atoms with E-state index < -0.39 is 6.04 Å². The van der Waals surface area contributed by atoms with Crippen LogP contribution in [0.5, 0.6) is 0 Å². The third-order valence-electron chi connectivity index (χ3n) is 4.64. The Bertz CT molecular complexity index is 791. The molecule has 2 amide bonds. The molecule has 1 atom stereocenters. The Hall–Kier alpha value is -2.64. The van der Waals surface area contributed by atoms with E-state index in [4.69, 9.17) is 0 Å². The normalized spacial score (nSPS) is 17.3. The zero-order chi connectivity index (χ0) is 17.4. The first-order valence-corrected chi connectivity index (χ1v) is 8.02. The van der Waals surface area contributed by atoms with Crippen molar-refractivity contribution < 1.29 is 9.59 Å². The summed E-state index contributed by atoms with van der Waals surface area (Å²) in [6.07, 6.45) is 1.51. The molecule has 1 saturated heterocycles. The van der Waals surface area contributed by atoms with Crippen LogP contribution in [0.15, 0.2) is 6.07 Å². The Morgan fingerprint density at radius 3 is 2.75 bits per heavy atom. The molecule has 2 N–H and O–H groups in total. The second-order valence-corrected chi connectivity index (χ2v) is 6.11. The van der Waals surface area contributed by atoms with Gasteiger partial charge in [-0.1, -0.05) is 0 Å². The monoisotopic (exact) mass is 330 g/mol. The average Bonchev–Trinajstić information content (AvgIpc) is 3.26. The number of aromatic nitrogens is 4. The third kappa shape index (κ3) is 2.57. The van der Waals surface area contributed by atoms with Crippen LogP contribution in [0.2, 0.25) is 0 Å². The maximum Gasteiger partial charge on any atom is 0.272 e. The van der Waals surface area contributed by atoms with Gasteiger partial charge in [0.05, 0.1) is 11.4 Å². The lowest BCUT2D eigenvalue weighted by Gasteiger charge is -2.22. The Labute approximate surface area is 140 Å². The van der Waals surface area contributed by atoms with Gasteiger partial charge in [-0.3, -0.25) is 19.4 Å². The minimum absolute atomic E-state index is 0.125. The number of carbonyl (C=O) groups excluding carboxylic acids is 2. The van der Waals surface area contributed by atoms with Gasteiger partial charge in [0.2, 0.25) is 5.91 Å². The van der Waals surface area contributed by atoms with Crippen molar-refractivity contribution in [3.05, 3.63) is 23.1 Å². The minimum atomic E-state index is -0.406. The fraction of sp³-hybridized carbons (Fsp3) is 0.500. The number of hydrogen-bond acceptors (Lipinski definition) is 4.